The minimum atomic E-state index is -1.58. The van der Waals surface area contributed by atoms with Crippen LogP contribution in [0.15, 0.2) is 35.4 Å². The highest BCUT2D eigenvalue weighted by atomic mass is 32.2. The van der Waals surface area contributed by atoms with Crippen molar-refractivity contribution in [1.29, 1.82) is 0 Å². The lowest BCUT2D eigenvalue weighted by atomic mass is 10.1. The highest BCUT2D eigenvalue weighted by Gasteiger charge is 2.27. The second-order valence-corrected chi connectivity index (χ2v) is 8.74. The Labute approximate surface area is 160 Å². The third kappa shape index (κ3) is 4.27. The number of anilines is 1. The fraction of sp³-hybridized carbons (Fsp3) is 0.368. The third-order valence-corrected chi connectivity index (χ3v) is 5.52. The van der Waals surface area contributed by atoms with Gasteiger partial charge in [0.1, 0.15) is 18.1 Å². The largest absolute Gasteiger partial charge is 0.474 e. The number of nitrogens with zero attached hydrogens (tertiary/aromatic N) is 2. The van der Waals surface area contributed by atoms with E-state index in [0.29, 0.717) is 40.7 Å². The van der Waals surface area contributed by atoms with Crippen LogP contribution in [-0.2, 0) is 11.0 Å². The lowest BCUT2D eigenvalue weighted by Gasteiger charge is -2.30. The molecule has 1 amide bonds. The highest BCUT2D eigenvalue weighted by molar-refractivity contribution is 7.86. The molecule has 1 aromatic heterocycles. The highest BCUT2D eigenvalue weighted by Crippen LogP contribution is 2.33. The van der Waals surface area contributed by atoms with Gasteiger partial charge in [-0.05, 0) is 57.5 Å². The number of nitrogens with one attached hydrogen (secondary N) is 1. The van der Waals surface area contributed by atoms with Crippen LogP contribution in [0.3, 0.4) is 0 Å². The van der Waals surface area contributed by atoms with Gasteiger partial charge in [-0.3, -0.25) is 9.10 Å². The molecule has 0 saturated carbocycles. The maximum atomic E-state index is 13.4. The Balaban J connectivity index is 1.96. The van der Waals surface area contributed by atoms with Crippen LogP contribution in [0.4, 0.5) is 10.1 Å². The Hall–Kier alpha value is -2.48. The Morgan fingerprint density at radius 2 is 2.07 bits per heavy atom. The number of pyridine rings is 1. The van der Waals surface area contributed by atoms with E-state index in [0.717, 1.165) is 0 Å². The summed E-state index contributed by atoms with van der Waals surface area (Å²) in [5.41, 5.74) is 1.03. The number of aryl methyl sites for hydroxylation is 1. The summed E-state index contributed by atoms with van der Waals surface area (Å²) in [5.74, 6) is -0.327. The van der Waals surface area contributed by atoms with E-state index in [9.17, 15) is 13.4 Å². The lowest BCUT2D eigenvalue weighted by molar-refractivity contribution is 0.0919. The maximum absolute atomic E-state index is 13.4. The van der Waals surface area contributed by atoms with Crippen LogP contribution < -0.4 is 14.4 Å². The zero-order valence-electron chi connectivity index (χ0n) is 15.7. The monoisotopic (exact) mass is 391 g/mol. The molecule has 144 valence electrons. The fourth-order valence-electron chi connectivity index (χ4n) is 2.71. The Morgan fingerprint density at radius 1 is 1.33 bits per heavy atom. The minimum Gasteiger partial charge on any atom is -0.474 e. The van der Waals surface area contributed by atoms with E-state index in [2.05, 4.69) is 10.3 Å². The molecule has 2 heterocycles. The topological polar surface area (TPSA) is 71.5 Å². The number of carbonyl (C=O) groups is 1. The van der Waals surface area contributed by atoms with Crippen molar-refractivity contribution in [3.05, 3.63) is 47.4 Å². The molecule has 1 atom stereocenters. The molecule has 1 unspecified atom stereocenters. The summed E-state index contributed by atoms with van der Waals surface area (Å²) < 4.78 is 33.7. The summed E-state index contributed by atoms with van der Waals surface area (Å²) in [4.78, 5) is 17.2. The number of ether oxygens (including phenoxy) is 1. The number of benzene rings is 1. The van der Waals surface area contributed by atoms with Gasteiger partial charge in [0, 0.05) is 11.7 Å². The molecule has 0 bridgehead atoms. The van der Waals surface area contributed by atoms with E-state index in [1.165, 1.54) is 24.4 Å². The second kappa shape index (κ2) is 7.26. The molecule has 1 N–H and O–H groups in total. The average Bonchev–Trinajstić information content (AvgIpc) is 2.58. The van der Waals surface area contributed by atoms with Gasteiger partial charge >= 0.3 is 0 Å². The zero-order valence-corrected chi connectivity index (χ0v) is 16.5. The first-order chi connectivity index (χ1) is 12.7. The van der Waals surface area contributed by atoms with Gasteiger partial charge in [-0.1, -0.05) is 0 Å². The number of hydrogen-bond donors (Lipinski definition) is 1. The fourth-order valence-corrected chi connectivity index (χ4v) is 4.02. The van der Waals surface area contributed by atoms with Gasteiger partial charge in [0.2, 0.25) is 5.88 Å². The van der Waals surface area contributed by atoms with Crippen LogP contribution in [0.25, 0.3) is 0 Å². The first kappa shape index (κ1) is 19.3. The summed E-state index contributed by atoms with van der Waals surface area (Å²) in [6.45, 7) is 8.06. The number of aromatic nitrogens is 1. The van der Waals surface area contributed by atoms with Crippen LogP contribution >= 0.6 is 0 Å². The van der Waals surface area contributed by atoms with Gasteiger partial charge in [-0.15, -0.1) is 0 Å². The molecule has 1 aromatic carbocycles. The summed E-state index contributed by atoms with van der Waals surface area (Å²) in [6.07, 6.45) is 1.44. The van der Waals surface area contributed by atoms with Gasteiger partial charge in [0.25, 0.3) is 5.91 Å². The van der Waals surface area contributed by atoms with Crippen LogP contribution in [0.1, 0.15) is 36.7 Å². The van der Waals surface area contributed by atoms with Gasteiger partial charge < -0.3 is 10.1 Å². The normalized spacial score (nSPS) is 14.9. The number of rotatable bonds is 3. The molecule has 2 aromatic rings. The maximum Gasteiger partial charge on any atom is 0.253 e. The molecule has 0 spiro atoms. The van der Waals surface area contributed by atoms with Crippen molar-refractivity contribution in [2.45, 2.75) is 38.1 Å². The van der Waals surface area contributed by atoms with Crippen molar-refractivity contribution < 1.29 is 18.1 Å². The third-order valence-electron chi connectivity index (χ3n) is 3.91. The summed E-state index contributed by atoms with van der Waals surface area (Å²) in [7, 11) is -1.58. The van der Waals surface area contributed by atoms with Crippen LogP contribution in [-0.4, -0.2) is 33.8 Å². The first-order valence-corrected chi connectivity index (χ1v) is 9.67. The van der Waals surface area contributed by atoms with Crippen LogP contribution in [0, 0.1) is 12.7 Å². The van der Waals surface area contributed by atoms with Gasteiger partial charge in [-0.25, -0.2) is 13.6 Å². The Bertz CT molecular complexity index is 912. The number of amides is 1. The number of hydrogen-bond acceptors (Lipinski definition) is 4. The van der Waals surface area contributed by atoms with Crippen molar-refractivity contribution in [3.8, 4) is 5.88 Å². The molecular weight excluding hydrogens is 369 g/mol. The second-order valence-electron chi connectivity index (χ2n) is 7.36. The van der Waals surface area contributed by atoms with Crippen LogP contribution in [0.5, 0.6) is 5.88 Å². The summed E-state index contributed by atoms with van der Waals surface area (Å²) in [6, 6.07) is 5.77. The van der Waals surface area contributed by atoms with Crippen molar-refractivity contribution in [1.82, 2.24) is 10.3 Å². The molecule has 1 aliphatic rings. The Morgan fingerprint density at radius 3 is 2.74 bits per heavy atom. The zero-order chi connectivity index (χ0) is 19.8. The molecule has 8 heteroatoms. The van der Waals surface area contributed by atoms with Crippen molar-refractivity contribution in [2.75, 3.05) is 17.5 Å². The lowest BCUT2D eigenvalue weighted by Crippen LogP contribution is -2.41. The van der Waals surface area contributed by atoms with E-state index in [-0.39, 0.29) is 11.7 Å². The van der Waals surface area contributed by atoms with Crippen molar-refractivity contribution >= 4 is 22.6 Å². The standard InChI is InChI=1S/C19H22FN3O3S/c1-12-9-14(20)5-6-16(12)27(25)23-7-8-26-18-15(23)10-13(11-21-18)17(24)22-19(2,3)4/h5-6,9-11H,7-8H2,1-4H3,(H,22,24). The number of fused-ring (bicyclic) bond motifs is 1. The molecular formula is C19H22FN3O3S. The quantitative estimate of drug-likeness (QED) is 0.873. The van der Waals surface area contributed by atoms with Gasteiger partial charge in [0.15, 0.2) is 11.0 Å². The molecule has 0 saturated heterocycles. The Kier molecular flexibility index (Phi) is 5.19. The van der Waals surface area contributed by atoms with Crippen molar-refractivity contribution in [3.63, 3.8) is 0 Å². The number of halogens is 1. The van der Waals surface area contributed by atoms with E-state index >= 15 is 0 Å². The predicted molar refractivity (Wildman–Crippen MR) is 102 cm³/mol. The van der Waals surface area contributed by atoms with Gasteiger partial charge in [-0.2, -0.15) is 0 Å². The van der Waals surface area contributed by atoms with Crippen molar-refractivity contribution in [2.24, 2.45) is 0 Å². The van der Waals surface area contributed by atoms with Gasteiger partial charge in [0.05, 0.1) is 17.0 Å². The molecule has 0 radical (unpaired) electrons. The summed E-state index contributed by atoms with van der Waals surface area (Å²) in [5, 5.41) is 2.88. The molecule has 3 rings (SSSR count). The molecule has 6 nitrogen and oxygen atoms in total. The van der Waals surface area contributed by atoms with E-state index in [4.69, 9.17) is 4.74 Å². The molecule has 1 aliphatic heterocycles. The predicted octanol–water partition coefficient (Wildman–Crippen LogP) is 2.98. The van der Waals surface area contributed by atoms with E-state index in [1.54, 1.807) is 17.3 Å². The molecule has 0 fully saturated rings. The smallest absolute Gasteiger partial charge is 0.253 e. The van der Waals surface area contributed by atoms with Crippen LogP contribution in [0.2, 0.25) is 0 Å². The minimum absolute atomic E-state index is 0.271. The summed E-state index contributed by atoms with van der Waals surface area (Å²) >= 11 is 0. The molecule has 27 heavy (non-hydrogen) atoms. The SMILES string of the molecule is Cc1cc(F)ccc1S(=O)N1CCOc2ncc(C(=O)NC(C)(C)C)cc21. The van der Waals surface area contributed by atoms with E-state index < -0.39 is 16.5 Å². The average molecular weight is 391 g/mol. The van der Waals surface area contributed by atoms with E-state index in [1.807, 2.05) is 20.8 Å². The molecule has 0 aliphatic carbocycles. The first-order valence-electron chi connectivity index (χ1n) is 8.56. The number of carbonyl (C=O) groups excluding carboxylic acids is 1.